The van der Waals surface area contributed by atoms with Crippen molar-refractivity contribution in [1.29, 1.82) is 0 Å². The van der Waals surface area contributed by atoms with Gasteiger partial charge in [0.05, 0.1) is 5.69 Å². The SMILES string of the molecule is CN=C(NCc1ccc(C)c(F)c1)N1CCN(S(=O)(=O)Cc2ccon2)CC1. The van der Waals surface area contributed by atoms with Crippen LogP contribution in [-0.4, -0.2) is 62.0 Å². The van der Waals surface area contributed by atoms with Crippen molar-refractivity contribution >= 4 is 16.0 Å². The van der Waals surface area contributed by atoms with Gasteiger partial charge in [0.2, 0.25) is 10.0 Å². The van der Waals surface area contributed by atoms with Crippen molar-refractivity contribution in [2.75, 3.05) is 33.2 Å². The Morgan fingerprint density at radius 3 is 2.64 bits per heavy atom. The summed E-state index contributed by atoms with van der Waals surface area (Å²) in [5.41, 5.74) is 1.82. The number of hydrogen-bond acceptors (Lipinski definition) is 5. The molecule has 1 aromatic carbocycles. The molecule has 1 aliphatic heterocycles. The van der Waals surface area contributed by atoms with Crippen LogP contribution in [-0.2, 0) is 22.3 Å². The van der Waals surface area contributed by atoms with Gasteiger partial charge in [0.25, 0.3) is 0 Å². The fraction of sp³-hybridized carbons (Fsp3) is 0.444. The van der Waals surface area contributed by atoms with E-state index in [0.29, 0.717) is 49.9 Å². The number of sulfonamides is 1. The number of piperazine rings is 1. The molecule has 28 heavy (non-hydrogen) atoms. The number of aliphatic imine (C=N–C) groups is 1. The first-order chi connectivity index (χ1) is 13.4. The summed E-state index contributed by atoms with van der Waals surface area (Å²) in [5.74, 6) is 0.255. The first-order valence-corrected chi connectivity index (χ1v) is 10.6. The highest BCUT2D eigenvalue weighted by Gasteiger charge is 2.28. The third-order valence-corrected chi connectivity index (χ3v) is 6.46. The Hall–Kier alpha value is -2.46. The van der Waals surface area contributed by atoms with Crippen molar-refractivity contribution < 1.29 is 17.3 Å². The van der Waals surface area contributed by atoms with E-state index in [0.717, 1.165) is 5.56 Å². The fourth-order valence-electron chi connectivity index (χ4n) is 3.03. The fourth-order valence-corrected chi connectivity index (χ4v) is 4.45. The smallest absolute Gasteiger partial charge is 0.220 e. The van der Waals surface area contributed by atoms with Crippen LogP contribution in [0.2, 0.25) is 0 Å². The van der Waals surface area contributed by atoms with E-state index in [1.807, 2.05) is 11.0 Å². The molecule has 0 spiro atoms. The van der Waals surface area contributed by atoms with Gasteiger partial charge in [0.15, 0.2) is 5.96 Å². The van der Waals surface area contributed by atoms with Crippen LogP contribution < -0.4 is 5.32 Å². The summed E-state index contributed by atoms with van der Waals surface area (Å²) in [6, 6.07) is 6.66. The summed E-state index contributed by atoms with van der Waals surface area (Å²) in [6.07, 6.45) is 1.36. The van der Waals surface area contributed by atoms with Crippen LogP contribution in [0.15, 0.2) is 40.0 Å². The zero-order valence-electron chi connectivity index (χ0n) is 15.9. The quantitative estimate of drug-likeness (QED) is 0.592. The van der Waals surface area contributed by atoms with Gasteiger partial charge < -0.3 is 14.7 Å². The number of hydrogen-bond donors (Lipinski definition) is 1. The highest BCUT2D eigenvalue weighted by molar-refractivity contribution is 7.88. The van der Waals surface area contributed by atoms with Crippen molar-refractivity contribution in [3.63, 3.8) is 0 Å². The first-order valence-electron chi connectivity index (χ1n) is 8.97. The molecule has 10 heteroatoms. The maximum Gasteiger partial charge on any atom is 0.220 e. The molecule has 1 fully saturated rings. The molecule has 1 saturated heterocycles. The van der Waals surface area contributed by atoms with Crippen LogP contribution in [0.4, 0.5) is 4.39 Å². The summed E-state index contributed by atoms with van der Waals surface area (Å²) >= 11 is 0. The summed E-state index contributed by atoms with van der Waals surface area (Å²) < 4.78 is 44.9. The Morgan fingerprint density at radius 1 is 1.29 bits per heavy atom. The van der Waals surface area contributed by atoms with Gasteiger partial charge in [-0.05, 0) is 24.1 Å². The van der Waals surface area contributed by atoms with E-state index >= 15 is 0 Å². The molecule has 8 nitrogen and oxygen atoms in total. The summed E-state index contributed by atoms with van der Waals surface area (Å²) in [4.78, 5) is 6.25. The Bertz CT molecular complexity index is 923. The lowest BCUT2D eigenvalue weighted by Crippen LogP contribution is -2.53. The lowest BCUT2D eigenvalue weighted by molar-refractivity contribution is 0.259. The van der Waals surface area contributed by atoms with E-state index < -0.39 is 10.0 Å². The number of aryl methyl sites for hydroxylation is 1. The molecule has 1 aliphatic rings. The topological polar surface area (TPSA) is 91.0 Å². The van der Waals surface area contributed by atoms with Crippen molar-refractivity contribution in [1.82, 2.24) is 19.7 Å². The molecule has 0 unspecified atom stereocenters. The predicted octanol–water partition coefficient (Wildman–Crippen LogP) is 1.35. The molecular formula is C18H24FN5O3S. The maximum atomic E-state index is 13.7. The van der Waals surface area contributed by atoms with Gasteiger partial charge in [-0.1, -0.05) is 17.3 Å². The molecular weight excluding hydrogens is 385 g/mol. The molecule has 0 atom stereocenters. The molecule has 0 saturated carbocycles. The summed E-state index contributed by atoms with van der Waals surface area (Å²) in [7, 11) is -1.77. The number of guanidine groups is 1. The molecule has 2 heterocycles. The van der Waals surface area contributed by atoms with Crippen LogP contribution in [0.5, 0.6) is 0 Å². The third kappa shape index (κ3) is 4.87. The zero-order valence-corrected chi connectivity index (χ0v) is 16.7. The van der Waals surface area contributed by atoms with Gasteiger partial charge in [0.1, 0.15) is 17.8 Å². The molecule has 1 N–H and O–H groups in total. The number of benzene rings is 1. The van der Waals surface area contributed by atoms with E-state index in [-0.39, 0.29) is 11.6 Å². The van der Waals surface area contributed by atoms with Gasteiger partial charge in [-0.2, -0.15) is 4.31 Å². The second-order valence-electron chi connectivity index (χ2n) is 6.62. The van der Waals surface area contributed by atoms with E-state index in [1.54, 1.807) is 26.1 Å². The van der Waals surface area contributed by atoms with Crippen LogP contribution in [0, 0.1) is 12.7 Å². The van der Waals surface area contributed by atoms with E-state index in [1.165, 1.54) is 16.6 Å². The average Bonchev–Trinajstić information content (AvgIpc) is 3.18. The molecule has 152 valence electrons. The largest absolute Gasteiger partial charge is 0.364 e. The zero-order chi connectivity index (χ0) is 20.1. The molecule has 0 aliphatic carbocycles. The van der Waals surface area contributed by atoms with Crippen LogP contribution in [0.3, 0.4) is 0 Å². The lowest BCUT2D eigenvalue weighted by atomic mass is 10.1. The number of halogens is 1. The molecule has 3 rings (SSSR count). The summed E-state index contributed by atoms with van der Waals surface area (Å²) in [5, 5.41) is 6.88. The number of aromatic nitrogens is 1. The van der Waals surface area contributed by atoms with Gasteiger partial charge in [-0.25, -0.2) is 12.8 Å². The predicted molar refractivity (Wildman–Crippen MR) is 104 cm³/mol. The van der Waals surface area contributed by atoms with Gasteiger partial charge in [0, 0.05) is 45.8 Å². The normalized spacial score (nSPS) is 16.4. The number of nitrogens with zero attached hydrogens (tertiary/aromatic N) is 4. The highest BCUT2D eigenvalue weighted by atomic mass is 32.2. The van der Waals surface area contributed by atoms with E-state index in [9.17, 15) is 12.8 Å². The maximum absolute atomic E-state index is 13.7. The van der Waals surface area contributed by atoms with Crippen LogP contribution >= 0.6 is 0 Å². The highest BCUT2D eigenvalue weighted by Crippen LogP contribution is 2.13. The first kappa shape index (κ1) is 20.3. The van der Waals surface area contributed by atoms with E-state index in [2.05, 4.69) is 15.5 Å². The van der Waals surface area contributed by atoms with E-state index in [4.69, 9.17) is 4.52 Å². The molecule has 0 amide bonds. The minimum absolute atomic E-state index is 0.171. The second-order valence-corrected chi connectivity index (χ2v) is 8.59. The van der Waals surface area contributed by atoms with Crippen molar-refractivity contribution in [2.24, 2.45) is 4.99 Å². The molecule has 0 radical (unpaired) electrons. The Balaban J connectivity index is 1.54. The lowest BCUT2D eigenvalue weighted by Gasteiger charge is -2.35. The van der Waals surface area contributed by atoms with Gasteiger partial charge >= 0.3 is 0 Å². The Kier molecular flexibility index (Phi) is 6.30. The number of rotatable bonds is 5. The Morgan fingerprint density at radius 2 is 2.04 bits per heavy atom. The third-order valence-electron chi connectivity index (χ3n) is 4.65. The van der Waals surface area contributed by atoms with Crippen molar-refractivity contribution in [2.45, 2.75) is 19.2 Å². The minimum atomic E-state index is -3.44. The van der Waals surface area contributed by atoms with Crippen LogP contribution in [0.1, 0.15) is 16.8 Å². The second kappa shape index (κ2) is 8.70. The number of nitrogens with one attached hydrogen (secondary N) is 1. The van der Waals surface area contributed by atoms with Crippen LogP contribution in [0.25, 0.3) is 0 Å². The van der Waals surface area contributed by atoms with Gasteiger partial charge in [-0.15, -0.1) is 0 Å². The molecule has 1 aromatic heterocycles. The van der Waals surface area contributed by atoms with Gasteiger partial charge in [-0.3, -0.25) is 4.99 Å². The minimum Gasteiger partial charge on any atom is -0.364 e. The molecule has 2 aromatic rings. The monoisotopic (exact) mass is 409 g/mol. The molecule has 0 bridgehead atoms. The Labute approximate surface area is 164 Å². The average molecular weight is 409 g/mol. The van der Waals surface area contributed by atoms with Crippen molar-refractivity contribution in [3.05, 3.63) is 53.2 Å². The van der Waals surface area contributed by atoms with Crippen molar-refractivity contribution in [3.8, 4) is 0 Å². The standard InChI is InChI=1S/C18H24FN5O3S/c1-14-3-4-15(11-17(14)19)12-21-18(20-2)23-6-8-24(9-7-23)28(25,26)13-16-5-10-27-22-16/h3-5,10-11H,6-9,12-13H2,1-2H3,(H,20,21). The summed E-state index contributed by atoms with van der Waals surface area (Å²) in [6.45, 7) is 3.91.